The molecular formula is C23H30N2O. The van der Waals surface area contributed by atoms with Crippen molar-refractivity contribution in [1.82, 2.24) is 10.2 Å². The van der Waals surface area contributed by atoms with Crippen molar-refractivity contribution in [3.05, 3.63) is 35.9 Å². The van der Waals surface area contributed by atoms with Crippen LogP contribution in [0.15, 0.2) is 30.3 Å². The van der Waals surface area contributed by atoms with Crippen molar-refractivity contribution in [3.8, 4) is 0 Å². The Morgan fingerprint density at radius 3 is 2.46 bits per heavy atom. The molecular weight excluding hydrogens is 320 g/mol. The maximum atomic E-state index is 13.7. The Labute approximate surface area is 156 Å². The van der Waals surface area contributed by atoms with E-state index in [0.717, 1.165) is 51.4 Å². The number of likely N-dealkylation sites (tertiary alicyclic amines) is 1. The fraction of sp³-hybridized carbons (Fsp3) is 0.696. The van der Waals surface area contributed by atoms with Gasteiger partial charge in [0.05, 0.1) is 5.41 Å². The summed E-state index contributed by atoms with van der Waals surface area (Å²) in [6, 6.07) is 11.2. The number of benzene rings is 1. The van der Waals surface area contributed by atoms with E-state index >= 15 is 0 Å². The molecule has 3 nitrogen and oxygen atoms in total. The van der Waals surface area contributed by atoms with Gasteiger partial charge < -0.3 is 10.2 Å². The summed E-state index contributed by atoms with van der Waals surface area (Å²) in [4.78, 5) is 15.9. The second-order valence-corrected chi connectivity index (χ2v) is 11.0. The maximum Gasteiger partial charge on any atom is 0.228 e. The van der Waals surface area contributed by atoms with E-state index in [-0.39, 0.29) is 10.8 Å². The van der Waals surface area contributed by atoms with Gasteiger partial charge in [0.15, 0.2) is 0 Å². The Kier molecular flexibility index (Phi) is 2.85. The van der Waals surface area contributed by atoms with Crippen LogP contribution >= 0.6 is 0 Å². The lowest BCUT2D eigenvalue weighted by Crippen LogP contribution is -2.74. The Morgan fingerprint density at radius 1 is 1.04 bits per heavy atom. The van der Waals surface area contributed by atoms with Crippen LogP contribution < -0.4 is 5.32 Å². The van der Waals surface area contributed by atoms with Gasteiger partial charge in [-0.25, -0.2) is 0 Å². The van der Waals surface area contributed by atoms with Crippen LogP contribution in [-0.2, 0) is 10.2 Å². The molecule has 4 atom stereocenters. The Balaban J connectivity index is 1.35. The molecule has 2 aliphatic heterocycles. The number of hydrogen-bond donors (Lipinski definition) is 1. The van der Waals surface area contributed by atoms with E-state index in [1.807, 2.05) is 0 Å². The van der Waals surface area contributed by atoms with Gasteiger partial charge in [0.25, 0.3) is 0 Å². The summed E-state index contributed by atoms with van der Waals surface area (Å²) in [5.41, 5.74) is 2.44. The van der Waals surface area contributed by atoms with Crippen LogP contribution in [0.25, 0.3) is 0 Å². The third kappa shape index (κ3) is 1.96. The van der Waals surface area contributed by atoms with Gasteiger partial charge in [-0.2, -0.15) is 0 Å². The van der Waals surface area contributed by atoms with E-state index in [4.69, 9.17) is 0 Å². The molecule has 2 saturated heterocycles. The van der Waals surface area contributed by atoms with Crippen molar-refractivity contribution in [3.63, 3.8) is 0 Å². The molecule has 1 N–H and O–H groups in total. The molecule has 4 aliphatic carbocycles. The van der Waals surface area contributed by atoms with E-state index in [9.17, 15) is 4.79 Å². The van der Waals surface area contributed by atoms with Crippen molar-refractivity contribution in [2.45, 2.75) is 50.9 Å². The van der Waals surface area contributed by atoms with Crippen LogP contribution in [0, 0.1) is 22.2 Å². The van der Waals surface area contributed by atoms with Crippen molar-refractivity contribution in [2.24, 2.45) is 22.2 Å². The van der Waals surface area contributed by atoms with Crippen LogP contribution in [-0.4, -0.2) is 37.0 Å². The second-order valence-electron chi connectivity index (χ2n) is 11.0. The van der Waals surface area contributed by atoms with E-state index < -0.39 is 0 Å². The molecule has 7 rings (SSSR count). The summed E-state index contributed by atoms with van der Waals surface area (Å²) in [6.45, 7) is 6.70. The van der Waals surface area contributed by atoms with Crippen LogP contribution in [0.2, 0.25) is 0 Å². The highest BCUT2D eigenvalue weighted by Gasteiger charge is 2.66. The van der Waals surface area contributed by atoms with Gasteiger partial charge in [0.2, 0.25) is 5.91 Å². The molecule has 1 aromatic carbocycles. The lowest BCUT2D eigenvalue weighted by Gasteiger charge is -2.67. The first-order chi connectivity index (χ1) is 12.4. The third-order valence-corrected chi connectivity index (χ3v) is 8.53. The van der Waals surface area contributed by atoms with E-state index in [1.165, 1.54) is 24.8 Å². The summed E-state index contributed by atoms with van der Waals surface area (Å²) in [6.07, 6.45) is 7.30. The zero-order chi connectivity index (χ0) is 17.6. The monoisotopic (exact) mass is 350 g/mol. The molecule has 1 amide bonds. The quantitative estimate of drug-likeness (QED) is 0.887. The molecule has 2 unspecified atom stereocenters. The smallest absolute Gasteiger partial charge is 0.228 e. The normalized spacial score (nSPS) is 44.7. The fourth-order valence-corrected chi connectivity index (χ4v) is 8.22. The van der Waals surface area contributed by atoms with Gasteiger partial charge in [-0.15, -0.1) is 0 Å². The topological polar surface area (TPSA) is 32.3 Å². The number of rotatable bonds is 2. The number of carbonyl (C=O) groups excluding carboxylic acids is 1. The molecule has 0 aromatic heterocycles. The minimum atomic E-state index is -0.0806. The average Bonchev–Trinajstić information content (AvgIpc) is 2.50. The summed E-state index contributed by atoms with van der Waals surface area (Å²) in [7, 11) is 0. The predicted molar refractivity (Wildman–Crippen MR) is 102 cm³/mol. The molecule has 0 radical (unpaired) electrons. The third-order valence-electron chi connectivity index (χ3n) is 8.53. The Hall–Kier alpha value is -1.35. The number of nitrogens with zero attached hydrogens (tertiary/aromatic N) is 1. The number of hydrogen-bond acceptors (Lipinski definition) is 2. The van der Waals surface area contributed by atoms with Crippen molar-refractivity contribution >= 4 is 5.91 Å². The Bertz CT molecular complexity index is 764. The van der Waals surface area contributed by atoms with Gasteiger partial charge in [-0.05, 0) is 60.8 Å². The van der Waals surface area contributed by atoms with E-state index in [0.29, 0.717) is 16.7 Å². The zero-order valence-corrected chi connectivity index (χ0v) is 15.9. The zero-order valence-electron chi connectivity index (χ0n) is 15.9. The molecule has 138 valence electrons. The fourth-order valence-electron chi connectivity index (χ4n) is 8.22. The SMILES string of the molecule is C[C@]12CC3CC(C(=O)N4CC5(CNC5)C4)(C1)C[C@@](c1ccccc1)(C3)C2. The van der Waals surface area contributed by atoms with Gasteiger partial charge in [0.1, 0.15) is 0 Å². The molecule has 4 bridgehead atoms. The summed E-state index contributed by atoms with van der Waals surface area (Å²) in [5, 5.41) is 3.39. The van der Waals surface area contributed by atoms with Crippen LogP contribution in [0.5, 0.6) is 0 Å². The van der Waals surface area contributed by atoms with Gasteiger partial charge in [0, 0.05) is 31.6 Å². The molecule has 26 heavy (non-hydrogen) atoms. The first kappa shape index (κ1) is 15.7. The average molecular weight is 351 g/mol. The summed E-state index contributed by atoms with van der Waals surface area (Å²) in [5.74, 6) is 1.24. The maximum absolute atomic E-state index is 13.7. The molecule has 2 heterocycles. The van der Waals surface area contributed by atoms with Gasteiger partial charge in [-0.1, -0.05) is 37.3 Å². The molecule has 6 fully saturated rings. The molecule has 1 spiro atoms. The summed E-state index contributed by atoms with van der Waals surface area (Å²) >= 11 is 0. The first-order valence-corrected chi connectivity index (χ1v) is 10.5. The number of amides is 1. The highest BCUT2D eigenvalue weighted by Crippen LogP contribution is 2.70. The minimum Gasteiger partial charge on any atom is -0.341 e. The largest absolute Gasteiger partial charge is 0.341 e. The number of carbonyl (C=O) groups is 1. The van der Waals surface area contributed by atoms with Crippen LogP contribution in [0.3, 0.4) is 0 Å². The predicted octanol–water partition coefficient (Wildman–Crippen LogP) is 3.35. The highest BCUT2D eigenvalue weighted by atomic mass is 16.2. The van der Waals surface area contributed by atoms with Crippen LogP contribution in [0.4, 0.5) is 0 Å². The minimum absolute atomic E-state index is 0.0806. The lowest BCUT2D eigenvalue weighted by atomic mass is 9.38. The van der Waals surface area contributed by atoms with Crippen molar-refractivity contribution < 1.29 is 4.79 Å². The number of nitrogens with one attached hydrogen (secondary N) is 1. The van der Waals surface area contributed by atoms with Gasteiger partial charge in [-0.3, -0.25) is 4.79 Å². The van der Waals surface area contributed by atoms with Crippen molar-refractivity contribution in [2.75, 3.05) is 26.2 Å². The molecule has 3 heteroatoms. The Morgan fingerprint density at radius 2 is 1.81 bits per heavy atom. The summed E-state index contributed by atoms with van der Waals surface area (Å²) < 4.78 is 0. The second kappa shape index (κ2) is 4.73. The standard InChI is InChI=1S/C23H30N2O/c1-20-7-17-8-22(10-20,18-5-3-2-4-6-18)12-23(9-17,11-20)19(26)25-15-21(16-25)13-24-14-21/h2-6,17,24H,7-16H2,1H3/t17?,20-,22-,23?/m1/s1. The molecule has 6 aliphatic rings. The van der Waals surface area contributed by atoms with E-state index in [1.54, 1.807) is 0 Å². The molecule has 4 saturated carbocycles. The van der Waals surface area contributed by atoms with Crippen LogP contribution in [0.1, 0.15) is 51.0 Å². The lowest BCUT2D eigenvalue weighted by molar-refractivity contribution is -0.183. The highest BCUT2D eigenvalue weighted by molar-refractivity contribution is 5.85. The van der Waals surface area contributed by atoms with Gasteiger partial charge >= 0.3 is 0 Å². The first-order valence-electron chi connectivity index (χ1n) is 10.5. The van der Waals surface area contributed by atoms with E-state index in [2.05, 4.69) is 47.5 Å². The van der Waals surface area contributed by atoms with Crippen molar-refractivity contribution in [1.29, 1.82) is 0 Å². The molecule has 1 aromatic rings.